The molecule has 0 radical (unpaired) electrons. The molecule has 0 bridgehead atoms. The molecular weight excluding hydrogens is 228 g/mol. The van der Waals surface area contributed by atoms with Gasteiger partial charge >= 0.3 is 5.97 Å². The SMILES string of the molecule is CC#CCCOc1ccc(C(=O)O)cc1Cl. The highest BCUT2D eigenvalue weighted by Gasteiger charge is 2.07. The van der Waals surface area contributed by atoms with Crippen LogP contribution in [0.25, 0.3) is 0 Å². The number of aromatic carboxylic acids is 1. The van der Waals surface area contributed by atoms with Gasteiger partial charge in [0.25, 0.3) is 0 Å². The van der Waals surface area contributed by atoms with E-state index in [2.05, 4.69) is 11.8 Å². The molecule has 0 heterocycles. The molecule has 0 amide bonds. The van der Waals surface area contributed by atoms with Crippen LogP contribution in [-0.2, 0) is 0 Å². The van der Waals surface area contributed by atoms with E-state index in [1.165, 1.54) is 12.1 Å². The number of halogens is 1. The van der Waals surface area contributed by atoms with Gasteiger partial charge < -0.3 is 9.84 Å². The summed E-state index contributed by atoms with van der Waals surface area (Å²) in [5.74, 6) is 5.07. The zero-order chi connectivity index (χ0) is 12.0. The van der Waals surface area contributed by atoms with Crippen molar-refractivity contribution in [2.75, 3.05) is 6.61 Å². The predicted molar refractivity (Wildman–Crippen MR) is 62.0 cm³/mol. The molecule has 1 N–H and O–H groups in total. The molecule has 0 aliphatic rings. The molecule has 0 atom stereocenters. The summed E-state index contributed by atoms with van der Waals surface area (Å²) in [6, 6.07) is 4.37. The molecule has 3 nitrogen and oxygen atoms in total. The second-order valence-electron chi connectivity index (χ2n) is 2.98. The number of benzene rings is 1. The minimum absolute atomic E-state index is 0.144. The lowest BCUT2D eigenvalue weighted by Gasteiger charge is -2.06. The maximum atomic E-state index is 10.6. The first kappa shape index (κ1) is 12.4. The van der Waals surface area contributed by atoms with Gasteiger partial charge in [0.2, 0.25) is 0 Å². The number of hydrogen-bond donors (Lipinski definition) is 1. The molecule has 0 spiro atoms. The van der Waals surface area contributed by atoms with E-state index in [1.54, 1.807) is 13.0 Å². The number of carbonyl (C=O) groups is 1. The van der Waals surface area contributed by atoms with Crippen LogP contribution in [0.2, 0.25) is 5.02 Å². The maximum Gasteiger partial charge on any atom is 0.335 e. The van der Waals surface area contributed by atoms with E-state index < -0.39 is 5.97 Å². The third-order valence-electron chi connectivity index (χ3n) is 1.84. The molecule has 0 fully saturated rings. The van der Waals surface area contributed by atoms with Gasteiger partial charge in [-0.1, -0.05) is 11.6 Å². The van der Waals surface area contributed by atoms with E-state index in [0.717, 1.165) is 0 Å². The third-order valence-corrected chi connectivity index (χ3v) is 2.14. The first-order valence-corrected chi connectivity index (χ1v) is 5.08. The van der Waals surface area contributed by atoms with Gasteiger partial charge in [-0.2, -0.15) is 0 Å². The van der Waals surface area contributed by atoms with Crippen molar-refractivity contribution in [2.24, 2.45) is 0 Å². The molecule has 0 aliphatic heterocycles. The zero-order valence-electron chi connectivity index (χ0n) is 8.79. The van der Waals surface area contributed by atoms with Crippen molar-refractivity contribution < 1.29 is 14.6 Å². The fourth-order valence-electron chi connectivity index (χ4n) is 1.09. The lowest BCUT2D eigenvalue weighted by molar-refractivity contribution is 0.0697. The topological polar surface area (TPSA) is 46.5 Å². The molecule has 84 valence electrons. The van der Waals surface area contributed by atoms with Crippen LogP contribution in [0.15, 0.2) is 18.2 Å². The molecule has 0 unspecified atom stereocenters. The van der Waals surface area contributed by atoms with Crippen molar-refractivity contribution in [3.05, 3.63) is 28.8 Å². The zero-order valence-corrected chi connectivity index (χ0v) is 9.54. The van der Waals surface area contributed by atoms with Gasteiger partial charge in [-0.15, -0.1) is 11.8 Å². The van der Waals surface area contributed by atoms with Crippen LogP contribution in [-0.4, -0.2) is 17.7 Å². The summed E-state index contributed by atoms with van der Waals surface area (Å²) >= 11 is 5.86. The van der Waals surface area contributed by atoms with Crippen molar-refractivity contribution in [3.63, 3.8) is 0 Å². The van der Waals surface area contributed by atoms with E-state index in [0.29, 0.717) is 23.8 Å². The first-order valence-electron chi connectivity index (χ1n) is 4.70. The van der Waals surface area contributed by atoms with Gasteiger partial charge in [-0.3, -0.25) is 0 Å². The molecule has 4 heteroatoms. The Balaban J connectivity index is 2.67. The van der Waals surface area contributed by atoms with E-state index >= 15 is 0 Å². The summed E-state index contributed by atoms with van der Waals surface area (Å²) in [7, 11) is 0. The Labute approximate surface area is 99.0 Å². The Kier molecular flexibility index (Phi) is 4.68. The van der Waals surface area contributed by atoms with Crippen molar-refractivity contribution in [3.8, 4) is 17.6 Å². The number of hydrogen-bond acceptors (Lipinski definition) is 2. The molecule has 0 aromatic heterocycles. The summed E-state index contributed by atoms with van der Waals surface area (Å²) in [5.41, 5.74) is 0.144. The molecule has 1 rings (SSSR count). The van der Waals surface area contributed by atoms with Crippen molar-refractivity contribution in [1.82, 2.24) is 0 Å². The summed E-state index contributed by atoms with van der Waals surface area (Å²) in [4.78, 5) is 10.6. The second-order valence-corrected chi connectivity index (χ2v) is 3.38. The fraction of sp³-hybridized carbons (Fsp3) is 0.250. The van der Waals surface area contributed by atoms with Gasteiger partial charge in [0.05, 0.1) is 17.2 Å². The largest absolute Gasteiger partial charge is 0.491 e. The Hall–Kier alpha value is -1.66. The maximum absolute atomic E-state index is 10.6. The average molecular weight is 239 g/mol. The molecule has 1 aromatic carbocycles. The first-order chi connectivity index (χ1) is 7.65. The molecule has 16 heavy (non-hydrogen) atoms. The van der Waals surface area contributed by atoms with Gasteiger partial charge in [0.1, 0.15) is 5.75 Å². The lowest BCUT2D eigenvalue weighted by Crippen LogP contribution is -1.99. The third kappa shape index (κ3) is 3.48. The summed E-state index contributed by atoms with van der Waals surface area (Å²) in [5, 5.41) is 9.02. The fourth-order valence-corrected chi connectivity index (χ4v) is 1.32. The van der Waals surface area contributed by atoms with E-state index in [4.69, 9.17) is 21.4 Å². The monoisotopic (exact) mass is 238 g/mol. The van der Waals surface area contributed by atoms with Crippen LogP contribution in [0.5, 0.6) is 5.75 Å². The smallest absolute Gasteiger partial charge is 0.335 e. The van der Waals surface area contributed by atoms with Crippen LogP contribution < -0.4 is 4.74 Å². The Bertz CT molecular complexity index is 443. The van der Waals surface area contributed by atoms with Crippen molar-refractivity contribution in [2.45, 2.75) is 13.3 Å². The highest BCUT2D eigenvalue weighted by molar-refractivity contribution is 6.32. The molecule has 1 aromatic rings. The second kappa shape index (κ2) is 6.04. The van der Waals surface area contributed by atoms with Crippen LogP contribution in [0, 0.1) is 11.8 Å². The predicted octanol–water partition coefficient (Wildman–Crippen LogP) is 2.83. The lowest BCUT2D eigenvalue weighted by atomic mass is 10.2. The highest BCUT2D eigenvalue weighted by atomic mass is 35.5. The standard InChI is InChI=1S/C12H11ClO3/c1-2-3-4-7-16-11-6-5-9(12(14)15)8-10(11)13/h5-6,8H,4,7H2,1H3,(H,14,15). The summed E-state index contributed by atoms with van der Waals surface area (Å²) in [6.07, 6.45) is 0.619. The van der Waals surface area contributed by atoms with Crippen LogP contribution in [0.3, 0.4) is 0 Å². The van der Waals surface area contributed by atoms with E-state index in [1.807, 2.05) is 0 Å². The van der Waals surface area contributed by atoms with Crippen molar-refractivity contribution in [1.29, 1.82) is 0 Å². The minimum Gasteiger partial charge on any atom is -0.491 e. The van der Waals surface area contributed by atoms with Gasteiger partial charge in [-0.25, -0.2) is 4.79 Å². The quantitative estimate of drug-likeness (QED) is 0.648. The van der Waals surface area contributed by atoms with Crippen LogP contribution in [0.4, 0.5) is 0 Å². The van der Waals surface area contributed by atoms with Crippen LogP contribution in [0.1, 0.15) is 23.7 Å². The van der Waals surface area contributed by atoms with Crippen molar-refractivity contribution >= 4 is 17.6 Å². The molecular formula is C12H11ClO3. The highest BCUT2D eigenvalue weighted by Crippen LogP contribution is 2.25. The van der Waals surface area contributed by atoms with E-state index in [9.17, 15) is 4.79 Å². The van der Waals surface area contributed by atoms with E-state index in [-0.39, 0.29) is 5.56 Å². The Morgan fingerprint density at radius 2 is 2.31 bits per heavy atom. The number of rotatable bonds is 4. The summed E-state index contributed by atoms with van der Waals surface area (Å²) in [6.45, 7) is 2.20. The molecule has 0 saturated carbocycles. The number of carboxylic acids is 1. The number of carboxylic acid groups (broad SMARTS) is 1. The molecule has 0 aliphatic carbocycles. The normalized spacial score (nSPS) is 9.12. The van der Waals surface area contributed by atoms with Gasteiger partial charge in [0, 0.05) is 6.42 Å². The van der Waals surface area contributed by atoms with Gasteiger partial charge in [0.15, 0.2) is 0 Å². The van der Waals surface area contributed by atoms with Crippen LogP contribution >= 0.6 is 11.6 Å². The Morgan fingerprint density at radius 1 is 1.56 bits per heavy atom. The van der Waals surface area contributed by atoms with Gasteiger partial charge in [-0.05, 0) is 25.1 Å². The molecule has 0 saturated heterocycles. The minimum atomic E-state index is -1.01. The average Bonchev–Trinajstić information content (AvgIpc) is 2.26. The summed E-state index contributed by atoms with van der Waals surface area (Å²) < 4.78 is 5.35. The Morgan fingerprint density at radius 3 is 2.88 bits per heavy atom. The number of ether oxygens (including phenoxy) is 1.